The quantitative estimate of drug-likeness (QED) is 0.247. The Kier molecular flexibility index (Phi) is 8.48. The van der Waals surface area contributed by atoms with Crippen LogP contribution in [-0.2, 0) is 27.2 Å². The molecule has 0 spiro atoms. The number of amides is 2. The number of aromatic amines is 1. The Balaban J connectivity index is 1.78. The molecule has 1 heterocycles. The lowest BCUT2D eigenvalue weighted by Gasteiger charge is -2.23. The number of rotatable bonds is 11. The van der Waals surface area contributed by atoms with E-state index >= 15 is 0 Å². The Bertz CT molecular complexity index is 1170. The lowest BCUT2D eigenvalue weighted by Crippen LogP contribution is -2.55. The molecule has 0 saturated carbocycles. The van der Waals surface area contributed by atoms with E-state index in [4.69, 9.17) is 5.73 Å². The highest BCUT2D eigenvalue weighted by atomic mass is 16.4. The van der Waals surface area contributed by atoms with Gasteiger partial charge in [0.2, 0.25) is 11.8 Å². The normalized spacial score (nSPS) is 13.8. The molecule has 0 aliphatic heterocycles. The first-order chi connectivity index (χ1) is 16.6. The smallest absolute Gasteiger partial charge is 0.326 e. The van der Waals surface area contributed by atoms with Crippen molar-refractivity contribution in [2.24, 2.45) is 11.7 Å². The lowest BCUT2D eigenvalue weighted by molar-refractivity contribution is -0.142. The molecule has 35 heavy (non-hydrogen) atoms. The Morgan fingerprint density at radius 2 is 1.60 bits per heavy atom. The molecular weight excluding hydrogens is 448 g/mol. The van der Waals surface area contributed by atoms with Crippen LogP contribution in [0.5, 0.6) is 5.75 Å². The Hall–Kier alpha value is -3.85. The molecule has 7 N–H and O–H groups in total. The zero-order valence-corrected chi connectivity index (χ0v) is 19.8. The zero-order chi connectivity index (χ0) is 25.5. The van der Waals surface area contributed by atoms with Crippen molar-refractivity contribution < 1.29 is 24.6 Å². The summed E-state index contributed by atoms with van der Waals surface area (Å²) in [6.07, 6.45) is 2.34. The van der Waals surface area contributed by atoms with Crippen LogP contribution in [-0.4, -0.2) is 51.1 Å². The minimum atomic E-state index is -1.20. The van der Waals surface area contributed by atoms with Gasteiger partial charge in [0.05, 0.1) is 6.04 Å². The van der Waals surface area contributed by atoms with Crippen molar-refractivity contribution in [2.45, 2.75) is 51.2 Å². The monoisotopic (exact) mass is 480 g/mol. The van der Waals surface area contributed by atoms with Crippen molar-refractivity contribution in [1.82, 2.24) is 15.6 Å². The SMILES string of the molecule is CC(C)CC(N)C(=O)NC(Cc1ccc(O)cc1)C(=O)NC(Cc1c[nH]c2ccccc12)C(=O)O. The van der Waals surface area contributed by atoms with E-state index in [1.807, 2.05) is 38.1 Å². The topological polar surface area (TPSA) is 158 Å². The molecular formula is C26H32N4O5. The standard InChI is InChI=1S/C26H32N4O5/c1-15(2)11-20(27)24(32)29-22(12-16-7-9-18(31)10-8-16)25(33)30-23(26(34)35)13-17-14-28-21-6-4-3-5-19(17)21/h3-10,14-15,20,22-23,28,31H,11-13,27H2,1-2H3,(H,29,32)(H,30,33)(H,34,35). The molecule has 0 radical (unpaired) electrons. The number of hydrogen-bond acceptors (Lipinski definition) is 5. The number of carbonyl (C=O) groups excluding carboxylic acids is 2. The largest absolute Gasteiger partial charge is 0.508 e. The summed E-state index contributed by atoms with van der Waals surface area (Å²) in [4.78, 5) is 41.0. The van der Waals surface area contributed by atoms with E-state index in [1.54, 1.807) is 18.3 Å². The summed E-state index contributed by atoms with van der Waals surface area (Å²) >= 11 is 0. The molecule has 186 valence electrons. The van der Waals surface area contributed by atoms with Gasteiger partial charge < -0.3 is 31.6 Å². The van der Waals surface area contributed by atoms with Crippen molar-refractivity contribution in [3.8, 4) is 5.75 Å². The van der Waals surface area contributed by atoms with Crippen molar-refractivity contribution in [3.05, 3.63) is 65.9 Å². The van der Waals surface area contributed by atoms with Crippen LogP contribution < -0.4 is 16.4 Å². The fourth-order valence-corrected chi connectivity index (χ4v) is 3.96. The summed E-state index contributed by atoms with van der Waals surface area (Å²) in [5.41, 5.74) is 8.31. The highest BCUT2D eigenvalue weighted by Gasteiger charge is 2.29. The van der Waals surface area contributed by atoms with Crippen LogP contribution >= 0.6 is 0 Å². The van der Waals surface area contributed by atoms with Gasteiger partial charge >= 0.3 is 5.97 Å². The molecule has 1 aromatic heterocycles. The predicted molar refractivity (Wildman–Crippen MR) is 133 cm³/mol. The second-order valence-corrected chi connectivity index (χ2v) is 9.13. The summed E-state index contributed by atoms with van der Waals surface area (Å²) in [7, 11) is 0. The summed E-state index contributed by atoms with van der Waals surface area (Å²) in [6, 6.07) is 10.7. The molecule has 2 aromatic carbocycles. The maximum absolute atomic E-state index is 13.2. The number of phenolic OH excluding ortho intramolecular Hbond substituents is 1. The first kappa shape index (κ1) is 25.8. The third-order valence-corrected chi connectivity index (χ3v) is 5.78. The predicted octanol–water partition coefficient (Wildman–Crippen LogP) is 2.09. The zero-order valence-electron chi connectivity index (χ0n) is 19.8. The Morgan fingerprint density at radius 1 is 0.943 bits per heavy atom. The van der Waals surface area contributed by atoms with Gasteiger partial charge in [-0.05, 0) is 41.7 Å². The molecule has 9 nitrogen and oxygen atoms in total. The second kappa shape index (κ2) is 11.5. The number of nitrogens with two attached hydrogens (primary N) is 1. The average Bonchev–Trinajstić information content (AvgIpc) is 3.21. The molecule has 3 atom stereocenters. The van der Waals surface area contributed by atoms with Gasteiger partial charge in [-0.1, -0.05) is 44.2 Å². The molecule has 0 aliphatic rings. The summed E-state index contributed by atoms with van der Waals surface area (Å²) in [5, 5.41) is 25.5. The number of carbonyl (C=O) groups is 3. The van der Waals surface area contributed by atoms with Crippen LogP contribution in [0.25, 0.3) is 10.9 Å². The van der Waals surface area contributed by atoms with Gasteiger partial charge in [0.15, 0.2) is 0 Å². The highest BCUT2D eigenvalue weighted by molar-refractivity contribution is 5.92. The maximum atomic E-state index is 13.2. The van der Waals surface area contributed by atoms with Gasteiger partial charge in [0.25, 0.3) is 0 Å². The van der Waals surface area contributed by atoms with Gasteiger partial charge in [-0.2, -0.15) is 0 Å². The molecule has 2 amide bonds. The lowest BCUT2D eigenvalue weighted by atomic mass is 10.0. The molecule has 3 rings (SSSR count). The number of H-pyrrole nitrogens is 1. The Labute approximate surface area is 203 Å². The van der Waals surface area contributed by atoms with E-state index in [0.29, 0.717) is 12.0 Å². The van der Waals surface area contributed by atoms with Crippen LogP contribution in [0.2, 0.25) is 0 Å². The summed E-state index contributed by atoms with van der Waals surface area (Å²) < 4.78 is 0. The number of aliphatic carboxylic acids is 1. The number of para-hydroxylation sites is 1. The number of fused-ring (bicyclic) bond motifs is 1. The van der Waals surface area contributed by atoms with Crippen LogP contribution in [0.15, 0.2) is 54.7 Å². The second-order valence-electron chi connectivity index (χ2n) is 9.13. The van der Waals surface area contributed by atoms with E-state index < -0.39 is 35.9 Å². The number of benzene rings is 2. The fourth-order valence-electron chi connectivity index (χ4n) is 3.96. The minimum Gasteiger partial charge on any atom is -0.508 e. The first-order valence-corrected chi connectivity index (χ1v) is 11.6. The third kappa shape index (κ3) is 7.07. The molecule has 0 fully saturated rings. The number of carboxylic acids is 1. The minimum absolute atomic E-state index is 0.0673. The maximum Gasteiger partial charge on any atom is 0.326 e. The van der Waals surface area contributed by atoms with E-state index in [0.717, 1.165) is 16.5 Å². The van der Waals surface area contributed by atoms with Gasteiger partial charge in [-0.15, -0.1) is 0 Å². The van der Waals surface area contributed by atoms with Crippen molar-refractivity contribution in [2.75, 3.05) is 0 Å². The van der Waals surface area contributed by atoms with E-state index in [2.05, 4.69) is 15.6 Å². The van der Waals surface area contributed by atoms with E-state index in [9.17, 15) is 24.6 Å². The number of aromatic hydroxyl groups is 1. The molecule has 3 unspecified atom stereocenters. The highest BCUT2D eigenvalue weighted by Crippen LogP contribution is 2.19. The average molecular weight is 481 g/mol. The van der Waals surface area contributed by atoms with Crippen molar-refractivity contribution >= 4 is 28.7 Å². The first-order valence-electron chi connectivity index (χ1n) is 11.6. The molecule has 0 saturated heterocycles. The van der Waals surface area contributed by atoms with Gasteiger partial charge in [-0.25, -0.2) is 4.79 Å². The van der Waals surface area contributed by atoms with E-state index in [1.165, 1.54) is 12.1 Å². The molecule has 9 heteroatoms. The molecule has 0 aliphatic carbocycles. The fraction of sp³-hybridized carbons (Fsp3) is 0.346. The number of phenols is 1. The third-order valence-electron chi connectivity index (χ3n) is 5.78. The van der Waals surface area contributed by atoms with Crippen LogP contribution in [0.1, 0.15) is 31.4 Å². The van der Waals surface area contributed by atoms with Crippen LogP contribution in [0.3, 0.4) is 0 Å². The van der Waals surface area contributed by atoms with Gasteiger partial charge in [0, 0.05) is 29.9 Å². The summed E-state index contributed by atoms with van der Waals surface area (Å²) in [6.45, 7) is 3.88. The number of carboxylic acid groups (broad SMARTS) is 1. The number of nitrogens with one attached hydrogen (secondary N) is 3. The van der Waals surface area contributed by atoms with Crippen molar-refractivity contribution in [3.63, 3.8) is 0 Å². The van der Waals surface area contributed by atoms with Crippen LogP contribution in [0, 0.1) is 5.92 Å². The van der Waals surface area contributed by atoms with Gasteiger partial charge in [0.1, 0.15) is 17.8 Å². The van der Waals surface area contributed by atoms with Crippen LogP contribution in [0.4, 0.5) is 0 Å². The summed E-state index contributed by atoms with van der Waals surface area (Å²) in [5.74, 6) is -2.04. The molecule has 0 bridgehead atoms. The van der Waals surface area contributed by atoms with E-state index in [-0.39, 0.29) is 24.5 Å². The number of aromatic nitrogens is 1. The Morgan fingerprint density at radius 3 is 2.26 bits per heavy atom. The van der Waals surface area contributed by atoms with Crippen molar-refractivity contribution in [1.29, 1.82) is 0 Å². The molecule has 3 aromatic rings. The van der Waals surface area contributed by atoms with Gasteiger partial charge in [-0.3, -0.25) is 9.59 Å². The number of hydrogen-bond donors (Lipinski definition) is 6.